The Labute approximate surface area is 98.4 Å². The Bertz CT molecular complexity index is 295. The minimum atomic E-state index is 0.525. The molecule has 1 heterocycles. The minimum absolute atomic E-state index is 0.525. The fraction of sp³-hybridized carbons (Fsp3) is 0.833. The molecule has 1 aromatic heterocycles. The van der Waals surface area contributed by atoms with Gasteiger partial charge in [-0.25, -0.2) is 0 Å². The van der Waals surface area contributed by atoms with Crippen molar-refractivity contribution in [3.63, 3.8) is 0 Å². The summed E-state index contributed by atoms with van der Waals surface area (Å²) in [6, 6.07) is 0.525. The van der Waals surface area contributed by atoms with Gasteiger partial charge in [-0.1, -0.05) is 32.4 Å². The summed E-state index contributed by atoms with van der Waals surface area (Å²) in [5, 5.41) is 11.6. The molecule has 0 saturated carbocycles. The van der Waals surface area contributed by atoms with Crippen LogP contribution in [0.1, 0.15) is 39.3 Å². The first kappa shape index (κ1) is 13.2. The van der Waals surface area contributed by atoms with Gasteiger partial charge in [0.05, 0.1) is 5.69 Å². The largest absolute Gasteiger partial charge is 0.314 e. The van der Waals surface area contributed by atoms with E-state index in [0.29, 0.717) is 6.04 Å². The van der Waals surface area contributed by atoms with Gasteiger partial charge in [0.1, 0.15) is 0 Å². The lowest BCUT2D eigenvalue weighted by atomic mass is 9.96. The molecule has 0 aliphatic heterocycles. The van der Waals surface area contributed by atoms with E-state index in [0.717, 1.165) is 24.6 Å². The SMILES string of the molecule is CCNC(Cc1cn(C)nn1)CC(C)CC. The molecule has 16 heavy (non-hydrogen) atoms. The Balaban J connectivity index is 2.50. The van der Waals surface area contributed by atoms with Crippen LogP contribution in [0.15, 0.2) is 6.20 Å². The van der Waals surface area contributed by atoms with Crippen LogP contribution in [0.3, 0.4) is 0 Å². The Kier molecular flexibility index (Phi) is 5.46. The third-order valence-electron chi connectivity index (χ3n) is 2.98. The van der Waals surface area contributed by atoms with E-state index in [-0.39, 0.29) is 0 Å². The zero-order valence-electron chi connectivity index (χ0n) is 10.9. The second kappa shape index (κ2) is 6.63. The Morgan fingerprint density at radius 2 is 2.19 bits per heavy atom. The number of hydrogen-bond donors (Lipinski definition) is 1. The zero-order chi connectivity index (χ0) is 12.0. The molecule has 0 aromatic carbocycles. The van der Waals surface area contributed by atoms with Gasteiger partial charge in [0, 0.05) is 25.7 Å². The molecule has 4 nitrogen and oxygen atoms in total. The second-order valence-corrected chi connectivity index (χ2v) is 4.59. The van der Waals surface area contributed by atoms with Crippen molar-refractivity contribution >= 4 is 0 Å². The van der Waals surface area contributed by atoms with Gasteiger partial charge in [-0.3, -0.25) is 4.68 Å². The fourth-order valence-corrected chi connectivity index (χ4v) is 1.92. The van der Waals surface area contributed by atoms with Crippen LogP contribution in [-0.2, 0) is 13.5 Å². The molecule has 1 N–H and O–H groups in total. The van der Waals surface area contributed by atoms with Crippen molar-refractivity contribution in [3.05, 3.63) is 11.9 Å². The molecule has 0 aliphatic rings. The summed E-state index contributed by atoms with van der Waals surface area (Å²) in [6.45, 7) is 7.72. The average molecular weight is 224 g/mol. The molecule has 4 heteroatoms. The average Bonchev–Trinajstić information content (AvgIpc) is 2.64. The maximum atomic E-state index is 4.14. The number of nitrogens with zero attached hydrogens (tertiary/aromatic N) is 3. The molecule has 1 aromatic rings. The fourth-order valence-electron chi connectivity index (χ4n) is 1.92. The lowest BCUT2D eigenvalue weighted by Gasteiger charge is -2.20. The molecule has 92 valence electrons. The molecule has 0 spiro atoms. The van der Waals surface area contributed by atoms with Crippen LogP contribution >= 0.6 is 0 Å². The van der Waals surface area contributed by atoms with Crippen LogP contribution in [0.25, 0.3) is 0 Å². The summed E-state index contributed by atoms with van der Waals surface area (Å²) in [5.41, 5.74) is 1.08. The quantitative estimate of drug-likeness (QED) is 0.767. The molecular formula is C12H24N4. The maximum Gasteiger partial charge on any atom is 0.0842 e. The van der Waals surface area contributed by atoms with E-state index in [1.54, 1.807) is 4.68 Å². The summed E-state index contributed by atoms with van der Waals surface area (Å²) >= 11 is 0. The first-order valence-corrected chi connectivity index (χ1v) is 6.24. The van der Waals surface area contributed by atoms with Crippen LogP contribution in [0, 0.1) is 5.92 Å². The second-order valence-electron chi connectivity index (χ2n) is 4.59. The molecule has 0 fully saturated rings. The molecule has 0 bridgehead atoms. The number of rotatable bonds is 7. The molecule has 2 unspecified atom stereocenters. The Morgan fingerprint density at radius 3 is 2.69 bits per heavy atom. The Hall–Kier alpha value is -0.900. The van der Waals surface area contributed by atoms with Gasteiger partial charge >= 0.3 is 0 Å². The van der Waals surface area contributed by atoms with Gasteiger partial charge in [-0.2, -0.15) is 0 Å². The number of hydrogen-bond acceptors (Lipinski definition) is 3. The lowest BCUT2D eigenvalue weighted by Crippen LogP contribution is -2.32. The number of aromatic nitrogens is 3. The van der Waals surface area contributed by atoms with Gasteiger partial charge in [0.25, 0.3) is 0 Å². The summed E-state index contributed by atoms with van der Waals surface area (Å²) in [4.78, 5) is 0. The van der Waals surface area contributed by atoms with E-state index < -0.39 is 0 Å². The molecule has 0 radical (unpaired) electrons. The monoisotopic (exact) mass is 224 g/mol. The van der Waals surface area contributed by atoms with Crippen LogP contribution in [0.2, 0.25) is 0 Å². The normalized spacial score (nSPS) is 15.0. The summed E-state index contributed by atoms with van der Waals surface area (Å²) in [5.74, 6) is 0.765. The molecular weight excluding hydrogens is 200 g/mol. The summed E-state index contributed by atoms with van der Waals surface area (Å²) in [6.07, 6.45) is 5.43. The molecule has 0 aliphatic carbocycles. The van der Waals surface area contributed by atoms with E-state index >= 15 is 0 Å². The molecule has 1 rings (SSSR count). The smallest absolute Gasteiger partial charge is 0.0842 e. The predicted molar refractivity (Wildman–Crippen MR) is 66.2 cm³/mol. The van der Waals surface area contributed by atoms with Crippen LogP contribution in [0.4, 0.5) is 0 Å². The molecule has 2 atom stereocenters. The van der Waals surface area contributed by atoms with E-state index in [1.807, 2.05) is 13.2 Å². The van der Waals surface area contributed by atoms with Gasteiger partial charge in [-0.15, -0.1) is 5.10 Å². The third kappa shape index (κ3) is 4.31. The molecule has 0 saturated heterocycles. The lowest BCUT2D eigenvalue weighted by molar-refractivity contribution is 0.395. The first-order chi connectivity index (χ1) is 7.65. The third-order valence-corrected chi connectivity index (χ3v) is 2.98. The van der Waals surface area contributed by atoms with Crippen LogP contribution < -0.4 is 5.32 Å². The maximum absolute atomic E-state index is 4.14. The van der Waals surface area contributed by atoms with Gasteiger partial charge in [0.15, 0.2) is 0 Å². The summed E-state index contributed by atoms with van der Waals surface area (Å²) in [7, 11) is 1.91. The van der Waals surface area contributed by atoms with Gasteiger partial charge in [0.2, 0.25) is 0 Å². The van der Waals surface area contributed by atoms with Crippen molar-refractivity contribution in [3.8, 4) is 0 Å². The van der Waals surface area contributed by atoms with Crippen molar-refractivity contribution in [1.29, 1.82) is 0 Å². The minimum Gasteiger partial charge on any atom is -0.314 e. The predicted octanol–water partition coefficient (Wildman–Crippen LogP) is 1.77. The van der Waals surface area contributed by atoms with E-state index in [9.17, 15) is 0 Å². The van der Waals surface area contributed by atoms with E-state index in [4.69, 9.17) is 0 Å². The molecule has 0 amide bonds. The number of aryl methyl sites for hydroxylation is 1. The summed E-state index contributed by atoms with van der Waals surface area (Å²) < 4.78 is 1.77. The number of likely N-dealkylation sites (N-methyl/N-ethyl adjacent to an activating group) is 1. The zero-order valence-corrected chi connectivity index (χ0v) is 10.9. The van der Waals surface area contributed by atoms with Crippen molar-refractivity contribution in [2.24, 2.45) is 13.0 Å². The van der Waals surface area contributed by atoms with Crippen molar-refractivity contribution in [2.75, 3.05) is 6.54 Å². The van der Waals surface area contributed by atoms with Crippen molar-refractivity contribution in [2.45, 2.75) is 46.1 Å². The van der Waals surface area contributed by atoms with Gasteiger partial charge in [-0.05, 0) is 18.9 Å². The highest BCUT2D eigenvalue weighted by atomic mass is 15.4. The highest BCUT2D eigenvalue weighted by molar-refractivity contribution is 4.95. The van der Waals surface area contributed by atoms with E-state index in [2.05, 4.69) is 36.4 Å². The van der Waals surface area contributed by atoms with Crippen molar-refractivity contribution < 1.29 is 0 Å². The van der Waals surface area contributed by atoms with Crippen LogP contribution in [0.5, 0.6) is 0 Å². The standard InChI is InChI=1S/C12H24N4/c1-5-10(3)7-11(13-6-2)8-12-9-16(4)15-14-12/h9-11,13H,5-8H2,1-4H3. The van der Waals surface area contributed by atoms with Crippen molar-refractivity contribution in [1.82, 2.24) is 20.3 Å². The van der Waals surface area contributed by atoms with Gasteiger partial charge < -0.3 is 5.32 Å². The first-order valence-electron chi connectivity index (χ1n) is 6.24. The highest BCUT2D eigenvalue weighted by Gasteiger charge is 2.13. The van der Waals surface area contributed by atoms with Crippen LogP contribution in [-0.4, -0.2) is 27.6 Å². The highest BCUT2D eigenvalue weighted by Crippen LogP contribution is 2.12. The topological polar surface area (TPSA) is 42.7 Å². The van der Waals surface area contributed by atoms with E-state index in [1.165, 1.54) is 12.8 Å². The Morgan fingerprint density at radius 1 is 1.44 bits per heavy atom. The number of nitrogens with one attached hydrogen (secondary N) is 1.